The van der Waals surface area contributed by atoms with Gasteiger partial charge in [-0.3, -0.25) is 14.2 Å². The van der Waals surface area contributed by atoms with Gasteiger partial charge in [0, 0.05) is 0 Å². The molecule has 6 rings (SSSR count). The number of alkyl halides is 1. The van der Waals surface area contributed by atoms with E-state index in [9.17, 15) is 9.59 Å². The Bertz CT molecular complexity index is 1860. The van der Waals surface area contributed by atoms with Crippen molar-refractivity contribution in [2.45, 2.75) is 43.1 Å². The molecule has 2 aromatic heterocycles. The molecular formula is C35H32ClFN4O8. The van der Waals surface area contributed by atoms with E-state index in [-0.39, 0.29) is 22.9 Å². The molecule has 1 fully saturated rings. The molecule has 1 aliphatic heterocycles. The van der Waals surface area contributed by atoms with Crippen molar-refractivity contribution < 1.29 is 42.8 Å². The van der Waals surface area contributed by atoms with Gasteiger partial charge in [-0.15, -0.1) is 0 Å². The molecule has 14 heteroatoms. The van der Waals surface area contributed by atoms with Crippen LogP contribution in [0.15, 0.2) is 91.5 Å². The molecule has 12 nitrogen and oxygen atoms in total. The van der Waals surface area contributed by atoms with Crippen LogP contribution in [0.2, 0.25) is 5.15 Å². The van der Waals surface area contributed by atoms with Crippen molar-refractivity contribution in [3.63, 3.8) is 0 Å². The number of esters is 1. The summed E-state index contributed by atoms with van der Waals surface area (Å²) in [7, 11) is 3.14. The molecule has 3 heterocycles. The minimum Gasteiger partial charge on any atom is -0.497 e. The van der Waals surface area contributed by atoms with Crippen molar-refractivity contribution in [1.82, 2.24) is 19.5 Å². The summed E-state index contributed by atoms with van der Waals surface area (Å²) < 4.78 is 47.4. The first-order valence-electron chi connectivity index (χ1n) is 15.3. The summed E-state index contributed by atoms with van der Waals surface area (Å²) in [4.78, 5) is 36.3. The van der Waals surface area contributed by atoms with E-state index in [4.69, 9.17) is 40.4 Å². The van der Waals surface area contributed by atoms with E-state index < -0.39 is 55.0 Å². The van der Waals surface area contributed by atoms with Crippen LogP contribution in [-0.2, 0) is 29.4 Å². The van der Waals surface area contributed by atoms with E-state index in [0.717, 1.165) is 16.7 Å². The van der Waals surface area contributed by atoms with Crippen LogP contribution in [0.25, 0.3) is 11.2 Å². The van der Waals surface area contributed by atoms with Gasteiger partial charge in [0.05, 0.1) is 40.0 Å². The first-order valence-corrected chi connectivity index (χ1v) is 15.6. The van der Waals surface area contributed by atoms with Gasteiger partial charge in [-0.1, -0.05) is 66.2 Å². The van der Waals surface area contributed by atoms with Gasteiger partial charge in [0.2, 0.25) is 0 Å². The zero-order chi connectivity index (χ0) is 34.5. The zero-order valence-electron chi connectivity index (χ0n) is 26.4. The fourth-order valence-corrected chi connectivity index (χ4v) is 6.08. The maximum atomic E-state index is 16.5. The summed E-state index contributed by atoms with van der Waals surface area (Å²) in [5.74, 6) is -0.827. The summed E-state index contributed by atoms with van der Waals surface area (Å²) in [5, 5.41) is 9.18. The van der Waals surface area contributed by atoms with E-state index in [1.54, 1.807) is 14.2 Å². The highest BCUT2D eigenvalue weighted by Crippen LogP contribution is 2.43. The summed E-state index contributed by atoms with van der Waals surface area (Å²) in [6, 6.07) is 24.2. The second-order valence-corrected chi connectivity index (χ2v) is 11.5. The zero-order valence-corrected chi connectivity index (χ0v) is 27.2. The molecule has 254 valence electrons. The number of rotatable bonds is 13. The van der Waals surface area contributed by atoms with E-state index in [1.165, 1.54) is 17.2 Å². The van der Waals surface area contributed by atoms with E-state index in [1.807, 2.05) is 78.9 Å². The number of aromatic nitrogens is 4. The van der Waals surface area contributed by atoms with Gasteiger partial charge in [-0.2, -0.15) is 0 Å². The number of carboxylic acid groups (broad SMARTS) is 1. The number of hydrogen-bond donors (Lipinski definition) is 1. The molecule has 0 bridgehead atoms. The smallest absolute Gasteiger partial charge is 0.306 e. The van der Waals surface area contributed by atoms with Crippen LogP contribution in [0.5, 0.6) is 11.5 Å². The van der Waals surface area contributed by atoms with Crippen molar-refractivity contribution in [3.05, 3.63) is 113 Å². The van der Waals surface area contributed by atoms with Crippen molar-refractivity contribution in [1.29, 1.82) is 0 Å². The molecule has 4 atom stereocenters. The summed E-state index contributed by atoms with van der Waals surface area (Å²) in [5.41, 5.74) is 1.35. The lowest BCUT2D eigenvalue weighted by Gasteiger charge is -2.37. The highest BCUT2D eigenvalue weighted by molar-refractivity contribution is 6.33. The van der Waals surface area contributed by atoms with Crippen molar-refractivity contribution in [3.8, 4) is 11.5 Å². The fraction of sp³-hybridized carbons (Fsp3) is 0.286. The molecule has 0 aliphatic carbocycles. The first kappa shape index (κ1) is 33.8. The van der Waals surface area contributed by atoms with E-state index in [2.05, 4.69) is 15.0 Å². The van der Waals surface area contributed by atoms with Crippen LogP contribution >= 0.6 is 11.6 Å². The number of nitrogens with zero attached hydrogens (tertiary/aromatic N) is 4. The predicted octanol–water partition coefficient (Wildman–Crippen LogP) is 5.52. The van der Waals surface area contributed by atoms with Crippen LogP contribution in [0.4, 0.5) is 4.39 Å². The molecule has 0 radical (unpaired) electrons. The Morgan fingerprint density at radius 2 is 1.51 bits per heavy atom. The van der Waals surface area contributed by atoms with Gasteiger partial charge in [0.25, 0.3) is 0 Å². The number of imidazole rings is 1. The maximum Gasteiger partial charge on any atom is 0.306 e. The molecule has 2 unspecified atom stereocenters. The van der Waals surface area contributed by atoms with Crippen LogP contribution in [0, 0.1) is 0 Å². The molecule has 1 saturated heterocycles. The number of halogens is 2. The summed E-state index contributed by atoms with van der Waals surface area (Å²) >= 11 is 6.20. The molecule has 1 N–H and O–H groups in total. The van der Waals surface area contributed by atoms with Crippen molar-refractivity contribution in [2.24, 2.45) is 0 Å². The van der Waals surface area contributed by atoms with Crippen LogP contribution in [-0.4, -0.2) is 75.8 Å². The van der Waals surface area contributed by atoms with Crippen molar-refractivity contribution >= 4 is 34.7 Å². The molecule has 3 aromatic carbocycles. The highest BCUT2D eigenvalue weighted by Gasteiger charge is 2.51. The second-order valence-electron chi connectivity index (χ2n) is 11.2. The lowest BCUT2D eigenvalue weighted by atomic mass is 9.80. The van der Waals surface area contributed by atoms with Crippen molar-refractivity contribution in [2.75, 3.05) is 20.8 Å². The van der Waals surface area contributed by atoms with Crippen LogP contribution in [0.1, 0.15) is 35.8 Å². The third-order valence-electron chi connectivity index (χ3n) is 8.30. The van der Waals surface area contributed by atoms with E-state index in [0.29, 0.717) is 11.5 Å². The molecular weight excluding hydrogens is 659 g/mol. The number of carbonyl (C=O) groups is 2. The van der Waals surface area contributed by atoms with Gasteiger partial charge < -0.3 is 28.8 Å². The minimum absolute atomic E-state index is 0.0697. The first-order chi connectivity index (χ1) is 23.7. The number of fused-ring (bicyclic) bond motifs is 1. The molecule has 49 heavy (non-hydrogen) atoms. The monoisotopic (exact) mass is 690 g/mol. The molecule has 5 aromatic rings. The van der Waals surface area contributed by atoms with Gasteiger partial charge in [0.1, 0.15) is 35.0 Å². The third kappa shape index (κ3) is 6.77. The standard InChI is InChI=1S/C35H32ClFN4O8/c1-45-24-12-8-22(9-13-24)35(21-6-4-3-5-7-21,23-10-14-25(46-2)15-11-23)47-18-26-31(49-28(44)17-16-27(42)43)29(37)34(48-26)41-20-40-30-32(36)38-19-39-33(30)41/h3-15,19-20,26,29,31,34H,16-18H2,1-2H3,(H,42,43)/t26-,29?,31?,34-/m1/s1. The SMILES string of the molecule is COc1ccc(C(OC[C@H]2O[C@@H](n3cnc4c(Cl)ncnc43)C(F)C2OC(=O)CCC(=O)O)(c2ccccc2)c2ccc(OC)cc2)cc1. The number of methoxy groups -OCH3 is 2. The fourth-order valence-electron chi connectivity index (χ4n) is 5.90. The van der Waals surface area contributed by atoms with Gasteiger partial charge in [-0.05, 0) is 41.0 Å². The van der Waals surface area contributed by atoms with Gasteiger partial charge in [0.15, 0.2) is 29.3 Å². The Kier molecular flexibility index (Phi) is 10.0. The topological polar surface area (TPSA) is 144 Å². The predicted molar refractivity (Wildman–Crippen MR) is 174 cm³/mol. The number of ether oxygens (including phenoxy) is 5. The highest BCUT2D eigenvalue weighted by atomic mass is 35.5. The Morgan fingerprint density at radius 1 is 0.898 bits per heavy atom. The van der Waals surface area contributed by atoms with Crippen LogP contribution < -0.4 is 9.47 Å². The second kappa shape index (κ2) is 14.6. The minimum atomic E-state index is -1.93. The molecule has 0 saturated carbocycles. The number of carbonyl (C=O) groups excluding carboxylic acids is 1. The Hall–Kier alpha value is -5.11. The molecule has 0 spiro atoms. The van der Waals surface area contributed by atoms with Crippen LogP contribution in [0.3, 0.4) is 0 Å². The average molecular weight is 691 g/mol. The average Bonchev–Trinajstić information content (AvgIpc) is 3.69. The third-order valence-corrected chi connectivity index (χ3v) is 8.58. The number of benzene rings is 3. The maximum absolute atomic E-state index is 16.5. The summed E-state index contributed by atoms with van der Waals surface area (Å²) in [6.07, 6.45) is -4.34. The van der Waals surface area contributed by atoms with E-state index >= 15 is 4.39 Å². The molecule has 0 amide bonds. The lowest BCUT2D eigenvalue weighted by molar-refractivity contribution is -0.159. The lowest BCUT2D eigenvalue weighted by Crippen LogP contribution is -2.41. The van der Waals surface area contributed by atoms with Gasteiger partial charge >= 0.3 is 11.9 Å². The molecule has 1 aliphatic rings. The quantitative estimate of drug-likeness (QED) is 0.0948. The Labute approximate surface area is 285 Å². The summed E-state index contributed by atoms with van der Waals surface area (Å²) in [6.45, 7) is -0.275. The number of carboxylic acids is 1. The largest absolute Gasteiger partial charge is 0.497 e. The Morgan fingerprint density at radius 3 is 2.10 bits per heavy atom. The normalized spacial score (nSPS) is 19.1. The number of hydrogen-bond acceptors (Lipinski definition) is 10. The Balaban J connectivity index is 1.42. The number of aliphatic carboxylic acids is 1. The van der Waals surface area contributed by atoms with Gasteiger partial charge in [-0.25, -0.2) is 19.3 Å².